The van der Waals surface area contributed by atoms with E-state index in [-0.39, 0.29) is 17.6 Å². The Morgan fingerprint density at radius 2 is 1.88 bits per heavy atom. The molecule has 0 aliphatic heterocycles. The molecule has 0 radical (unpaired) electrons. The van der Waals surface area contributed by atoms with Crippen LogP contribution in [0.4, 0.5) is 0 Å². The van der Waals surface area contributed by atoms with Gasteiger partial charge in [0.1, 0.15) is 5.60 Å². The molecule has 140 valence electrons. The molecule has 0 unspecified atom stereocenters. The molecule has 5 nitrogen and oxygen atoms in total. The molecule has 0 saturated heterocycles. The van der Waals surface area contributed by atoms with E-state index in [4.69, 9.17) is 14.2 Å². The molecule has 1 fully saturated rings. The van der Waals surface area contributed by atoms with Crippen LogP contribution in [-0.4, -0.2) is 43.9 Å². The van der Waals surface area contributed by atoms with Crippen LogP contribution in [0.3, 0.4) is 0 Å². The van der Waals surface area contributed by atoms with Gasteiger partial charge in [0.05, 0.1) is 26.2 Å². The number of carbonyl (C=O) groups excluding carboxylic acids is 1. The number of fused-ring (bicyclic) bond motifs is 2. The number of aliphatic hydroxyl groups is 1. The molecule has 2 aliphatic rings. The van der Waals surface area contributed by atoms with Crippen molar-refractivity contribution in [3.05, 3.63) is 48.1 Å². The minimum absolute atomic E-state index is 0.0331. The number of allylic oxidation sites excluding steroid dienone is 2. The minimum atomic E-state index is -0.887. The third kappa shape index (κ3) is 2.49. The molecule has 1 saturated carbocycles. The van der Waals surface area contributed by atoms with Gasteiger partial charge in [-0.05, 0) is 41.7 Å². The summed E-state index contributed by atoms with van der Waals surface area (Å²) >= 11 is 0. The van der Waals surface area contributed by atoms with E-state index in [1.807, 2.05) is 31.2 Å². The molecule has 5 heteroatoms. The van der Waals surface area contributed by atoms with Gasteiger partial charge in [-0.15, -0.1) is 6.58 Å². The lowest BCUT2D eigenvalue weighted by molar-refractivity contribution is -0.130. The van der Waals surface area contributed by atoms with Crippen LogP contribution in [0, 0.1) is 11.8 Å². The predicted octanol–water partition coefficient (Wildman–Crippen LogP) is 2.88. The van der Waals surface area contributed by atoms with Crippen LogP contribution >= 0.6 is 0 Å². The van der Waals surface area contributed by atoms with Crippen LogP contribution in [-0.2, 0) is 9.53 Å². The lowest BCUT2D eigenvalue weighted by Gasteiger charge is -2.36. The fraction of sp³-hybridized carbons (Fsp3) is 0.476. The molecular weight excluding hydrogens is 332 g/mol. The molecule has 5 atom stereocenters. The van der Waals surface area contributed by atoms with Gasteiger partial charge in [-0.1, -0.05) is 19.1 Å². The number of aliphatic hydroxyl groups excluding tert-OH is 1. The summed E-state index contributed by atoms with van der Waals surface area (Å²) in [4.78, 5) is 13.1. The third-order valence-electron chi connectivity index (χ3n) is 5.97. The van der Waals surface area contributed by atoms with Crippen LogP contribution in [0.1, 0.15) is 24.8 Å². The molecule has 0 amide bonds. The van der Waals surface area contributed by atoms with Gasteiger partial charge >= 0.3 is 0 Å². The molecule has 0 spiro atoms. The highest BCUT2D eigenvalue weighted by Crippen LogP contribution is 2.56. The number of methoxy groups -OCH3 is 3. The maximum Gasteiger partial charge on any atom is 0.165 e. The Morgan fingerprint density at radius 1 is 1.19 bits per heavy atom. The van der Waals surface area contributed by atoms with E-state index in [9.17, 15) is 9.90 Å². The first-order valence-corrected chi connectivity index (χ1v) is 8.77. The first-order valence-electron chi connectivity index (χ1n) is 8.77. The van der Waals surface area contributed by atoms with Gasteiger partial charge in [-0.3, -0.25) is 4.79 Å². The first kappa shape index (κ1) is 18.7. The fourth-order valence-corrected chi connectivity index (χ4v) is 4.66. The van der Waals surface area contributed by atoms with E-state index in [0.717, 1.165) is 5.56 Å². The van der Waals surface area contributed by atoms with Crippen LogP contribution in [0.15, 0.2) is 42.5 Å². The first-order chi connectivity index (χ1) is 12.4. The molecular formula is C21H26O5. The van der Waals surface area contributed by atoms with E-state index in [1.165, 1.54) is 0 Å². The van der Waals surface area contributed by atoms with Crippen LogP contribution < -0.4 is 9.47 Å². The highest BCUT2D eigenvalue weighted by molar-refractivity contribution is 6.00. The summed E-state index contributed by atoms with van der Waals surface area (Å²) in [5.41, 5.74) is 0.709. The summed E-state index contributed by atoms with van der Waals surface area (Å²) in [6, 6.07) is 5.65. The molecule has 1 aromatic carbocycles. The lowest BCUT2D eigenvalue weighted by Crippen LogP contribution is -2.48. The van der Waals surface area contributed by atoms with Crippen molar-refractivity contribution in [2.75, 3.05) is 21.3 Å². The molecule has 2 bridgehead atoms. The Hall–Kier alpha value is -2.11. The zero-order chi connectivity index (χ0) is 19.1. The largest absolute Gasteiger partial charge is 0.493 e. The number of Topliss-reactive ketones (excluding diaryl/α,β-unsaturated/α-hetero) is 1. The number of rotatable bonds is 6. The van der Waals surface area contributed by atoms with Crippen molar-refractivity contribution in [3.8, 4) is 11.5 Å². The van der Waals surface area contributed by atoms with Gasteiger partial charge in [0.25, 0.3) is 0 Å². The van der Waals surface area contributed by atoms with Gasteiger partial charge in [0.15, 0.2) is 17.3 Å². The number of benzene rings is 1. The Labute approximate surface area is 154 Å². The number of hydrogen-bond donors (Lipinski definition) is 1. The van der Waals surface area contributed by atoms with Crippen molar-refractivity contribution >= 4 is 5.78 Å². The Balaban J connectivity index is 2.11. The SMILES string of the molecule is C=CCC1=C[C@]2(OC)[C@H](C)[C@@H](c3ccc(OC)c(OC)c3)[C@H](C1=O)[C@@H]2O. The smallest absolute Gasteiger partial charge is 0.165 e. The quantitative estimate of drug-likeness (QED) is 0.792. The van der Waals surface area contributed by atoms with Crippen molar-refractivity contribution in [1.29, 1.82) is 0 Å². The Morgan fingerprint density at radius 3 is 2.46 bits per heavy atom. The van der Waals surface area contributed by atoms with Gasteiger partial charge in [-0.25, -0.2) is 0 Å². The van der Waals surface area contributed by atoms with Crippen LogP contribution in [0.2, 0.25) is 0 Å². The summed E-state index contributed by atoms with van der Waals surface area (Å²) in [6.07, 6.45) is 3.10. The molecule has 2 aliphatic carbocycles. The average Bonchev–Trinajstić information content (AvgIpc) is 2.81. The Bertz CT molecular complexity index is 753. The number of carbonyl (C=O) groups is 1. The molecule has 3 rings (SSSR count). The zero-order valence-electron chi connectivity index (χ0n) is 15.7. The van der Waals surface area contributed by atoms with E-state index in [0.29, 0.717) is 23.5 Å². The summed E-state index contributed by atoms with van der Waals surface area (Å²) < 4.78 is 16.5. The van der Waals surface area contributed by atoms with Crippen LogP contribution in [0.25, 0.3) is 0 Å². The standard InChI is InChI=1S/C21H26O5/c1-6-7-14-11-21(26-5)12(2)17(18(19(14)22)20(21)23)13-8-9-15(24-3)16(10-13)25-4/h6,8-12,17-18,20,23H,1,7H2,2-5H3/t12-,17+,18-,20+,21+/m1/s1. The summed E-state index contributed by atoms with van der Waals surface area (Å²) in [5, 5.41) is 11.0. The third-order valence-corrected chi connectivity index (χ3v) is 5.97. The normalized spacial score (nSPS) is 33.0. The highest BCUT2D eigenvalue weighted by atomic mass is 16.5. The monoisotopic (exact) mass is 358 g/mol. The summed E-state index contributed by atoms with van der Waals surface area (Å²) in [6.45, 7) is 5.76. The lowest BCUT2D eigenvalue weighted by atomic mass is 9.79. The number of hydrogen-bond acceptors (Lipinski definition) is 5. The second-order valence-corrected chi connectivity index (χ2v) is 6.98. The molecule has 1 aromatic rings. The molecule has 0 aromatic heterocycles. The average molecular weight is 358 g/mol. The summed E-state index contributed by atoms with van der Waals surface area (Å²) in [7, 11) is 4.76. The second kappa shape index (κ2) is 6.89. The van der Waals surface area contributed by atoms with Crippen molar-refractivity contribution in [1.82, 2.24) is 0 Å². The fourth-order valence-electron chi connectivity index (χ4n) is 4.66. The maximum atomic E-state index is 13.1. The van der Waals surface area contributed by atoms with E-state index >= 15 is 0 Å². The van der Waals surface area contributed by atoms with Crippen LogP contribution in [0.5, 0.6) is 11.5 Å². The number of ketones is 1. The minimum Gasteiger partial charge on any atom is -0.493 e. The topological polar surface area (TPSA) is 65.0 Å². The zero-order valence-corrected chi connectivity index (χ0v) is 15.7. The van der Waals surface area contributed by atoms with Gasteiger partial charge in [-0.2, -0.15) is 0 Å². The van der Waals surface area contributed by atoms with Crippen molar-refractivity contribution in [2.24, 2.45) is 11.8 Å². The van der Waals surface area contributed by atoms with Gasteiger partial charge < -0.3 is 19.3 Å². The summed E-state index contributed by atoms with van der Waals surface area (Å²) in [5.74, 6) is 0.375. The molecule has 1 N–H and O–H groups in total. The van der Waals surface area contributed by atoms with E-state index in [2.05, 4.69) is 6.58 Å². The van der Waals surface area contributed by atoms with Gasteiger partial charge in [0, 0.05) is 13.0 Å². The van der Waals surface area contributed by atoms with Gasteiger partial charge in [0.2, 0.25) is 0 Å². The van der Waals surface area contributed by atoms with Crippen molar-refractivity contribution in [3.63, 3.8) is 0 Å². The molecule has 0 heterocycles. The highest BCUT2D eigenvalue weighted by Gasteiger charge is 2.63. The molecule has 26 heavy (non-hydrogen) atoms. The predicted molar refractivity (Wildman–Crippen MR) is 98.6 cm³/mol. The second-order valence-electron chi connectivity index (χ2n) is 6.98. The van der Waals surface area contributed by atoms with Crippen molar-refractivity contribution in [2.45, 2.75) is 31.0 Å². The Kier molecular flexibility index (Phi) is 4.95. The van der Waals surface area contributed by atoms with E-state index < -0.39 is 17.6 Å². The van der Waals surface area contributed by atoms with E-state index in [1.54, 1.807) is 27.4 Å². The maximum absolute atomic E-state index is 13.1. The number of ether oxygens (including phenoxy) is 3. The van der Waals surface area contributed by atoms with Crippen molar-refractivity contribution < 1.29 is 24.1 Å².